The van der Waals surface area contributed by atoms with Crippen LogP contribution in [0.25, 0.3) is 0 Å². The van der Waals surface area contributed by atoms with Crippen molar-refractivity contribution < 1.29 is 13.2 Å². The maximum absolute atomic E-state index is 13.2. The van der Waals surface area contributed by atoms with Gasteiger partial charge in [-0.1, -0.05) is 62.7 Å². The van der Waals surface area contributed by atoms with Crippen molar-refractivity contribution in [3.63, 3.8) is 0 Å². The van der Waals surface area contributed by atoms with Gasteiger partial charge in [-0.15, -0.1) is 0 Å². The number of aryl methyl sites for hydroxylation is 1. The molecule has 2 fully saturated rings. The third-order valence-electron chi connectivity index (χ3n) is 6.84. The van der Waals surface area contributed by atoms with Crippen molar-refractivity contribution in [2.24, 2.45) is 0 Å². The summed E-state index contributed by atoms with van der Waals surface area (Å²) in [5.41, 5.74) is 3.44. The highest BCUT2D eigenvalue weighted by Gasteiger charge is 2.37. The van der Waals surface area contributed by atoms with Gasteiger partial charge in [0, 0.05) is 38.8 Å². The summed E-state index contributed by atoms with van der Waals surface area (Å²) in [5.74, 6) is 0. The molecule has 7 heteroatoms. The Morgan fingerprint density at radius 2 is 1.48 bits per heavy atom. The lowest BCUT2D eigenvalue weighted by atomic mass is 9.87. The molecule has 0 radical (unpaired) electrons. The van der Waals surface area contributed by atoms with Gasteiger partial charge in [0.1, 0.15) is 0 Å². The van der Waals surface area contributed by atoms with Crippen LogP contribution in [0.1, 0.15) is 50.3 Å². The lowest BCUT2D eigenvalue weighted by Gasteiger charge is -2.36. The van der Waals surface area contributed by atoms with E-state index in [9.17, 15) is 13.2 Å². The summed E-state index contributed by atoms with van der Waals surface area (Å²) in [7, 11) is -3.52. The smallest absolute Gasteiger partial charge is 0.320 e. The molecule has 0 unspecified atom stereocenters. The van der Waals surface area contributed by atoms with Gasteiger partial charge in [0.15, 0.2) is 0 Å². The first-order chi connectivity index (χ1) is 15.6. The first-order valence-electron chi connectivity index (χ1n) is 11.8. The molecule has 4 rings (SSSR count). The van der Waals surface area contributed by atoms with Crippen LogP contribution in [0.5, 0.6) is 0 Å². The summed E-state index contributed by atoms with van der Waals surface area (Å²) < 4.78 is 27.9. The van der Waals surface area contributed by atoms with E-state index in [2.05, 4.69) is 52.0 Å². The van der Waals surface area contributed by atoms with E-state index in [-0.39, 0.29) is 17.5 Å². The standard InChI is InChI=1S/C26H35N3O3S/c1-20-5-7-21(8-6-20)19-27-17-18-29(25(27)30)23-13-15-28(16-14-23)33(31,32)24-11-9-22(10-12-24)26(2,3)4/h5-12,23H,13-19H2,1-4H3. The number of benzene rings is 2. The fourth-order valence-corrected chi connectivity index (χ4v) is 6.14. The highest BCUT2D eigenvalue weighted by molar-refractivity contribution is 7.89. The van der Waals surface area contributed by atoms with E-state index in [1.165, 1.54) is 5.56 Å². The van der Waals surface area contributed by atoms with Crippen molar-refractivity contribution in [2.45, 2.75) is 63.4 Å². The Morgan fingerprint density at radius 1 is 0.879 bits per heavy atom. The molecule has 33 heavy (non-hydrogen) atoms. The van der Waals surface area contributed by atoms with Crippen LogP contribution < -0.4 is 0 Å². The summed E-state index contributed by atoms with van der Waals surface area (Å²) in [6.45, 7) is 11.3. The number of carbonyl (C=O) groups excluding carboxylic acids is 1. The number of carbonyl (C=O) groups is 1. The molecule has 2 aromatic rings. The predicted octanol–water partition coefficient (Wildman–Crippen LogP) is 4.38. The summed E-state index contributed by atoms with van der Waals surface area (Å²) in [6, 6.07) is 15.7. The van der Waals surface area contributed by atoms with Crippen LogP contribution in [-0.4, -0.2) is 60.8 Å². The quantitative estimate of drug-likeness (QED) is 0.653. The second-order valence-corrected chi connectivity index (χ2v) is 12.2. The van der Waals surface area contributed by atoms with E-state index in [0.717, 1.165) is 11.1 Å². The van der Waals surface area contributed by atoms with Crippen LogP contribution in [0.2, 0.25) is 0 Å². The SMILES string of the molecule is Cc1ccc(CN2CCN(C3CCN(S(=O)(=O)c4ccc(C(C)(C)C)cc4)CC3)C2=O)cc1. The fourth-order valence-electron chi connectivity index (χ4n) is 4.67. The van der Waals surface area contributed by atoms with Gasteiger partial charge in [-0.3, -0.25) is 0 Å². The van der Waals surface area contributed by atoms with Gasteiger partial charge in [-0.25, -0.2) is 13.2 Å². The molecule has 2 aliphatic heterocycles. The highest BCUT2D eigenvalue weighted by Crippen LogP contribution is 2.28. The summed E-state index contributed by atoms with van der Waals surface area (Å²) in [6.07, 6.45) is 1.34. The number of rotatable bonds is 5. The van der Waals surface area contributed by atoms with E-state index in [1.54, 1.807) is 16.4 Å². The Balaban J connectivity index is 1.35. The maximum atomic E-state index is 13.2. The zero-order chi connectivity index (χ0) is 23.8. The van der Waals surface area contributed by atoms with Crippen LogP contribution in [-0.2, 0) is 22.0 Å². The number of hydrogen-bond donors (Lipinski definition) is 0. The molecule has 178 valence electrons. The molecule has 0 aliphatic carbocycles. The normalized spacial score (nSPS) is 18.8. The predicted molar refractivity (Wildman–Crippen MR) is 131 cm³/mol. The molecule has 2 heterocycles. The van der Waals surface area contributed by atoms with Crippen molar-refractivity contribution >= 4 is 16.1 Å². The Bertz CT molecular complexity index is 1080. The average Bonchev–Trinajstić information content (AvgIpc) is 3.15. The largest absolute Gasteiger partial charge is 0.320 e. The van der Waals surface area contributed by atoms with E-state index in [1.807, 2.05) is 21.9 Å². The van der Waals surface area contributed by atoms with Crippen LogP contribution in [0, 0.1) is 6.92 Å². The zero-order valence-electron chi connectivity index (χ0n) is 20.1. The van der Waals surface area contributed by atoms with E-state index < -0.39 is 10.0 Å². The molecule has 0 saturated carbocycles. The van der Waals surface area contributed by atoms with Gasteiger partial charge in [0.25, 0.3) is 0 Å². The van der Waals surface area contributed by atoms with E-state index >= 15 is 0 Å². The summed E-state index contributed by atoms with van der Waals surface area (Å²) in [5, 5.41) is 0. The minimum atomic E-state index is -3.52. The second-order valence-electron chi connectivity index (χ2n) is 10.3. The minimum absolute atomic E-state index is 0.0176. The number of hydrogen-bond acceptors (Lipinski definition) is 3. The van der Waals surface area contributed by atoms with Gasteiger partial charge in [0.2, 0.25) is 10.0 Å². The molecular formula is C26H35N3O3S. The number of piperidine rings is 1. The number of nitrogens with zero attached hydrogens (tertiary/aromatic N) is 3. The molecule has 0 aromatic heterocycles. The van der Waals surface area contributed by atoms with Crippen LogP contribution in [0.15, 0.2) is 53.4 Å². The topological polar surface area (TPSA) is 60.9 Å². The molecule has 2 aromatic carbocycles. The molecular weight excluding hydrogens is 434 g/mol. The van der Waals surface area contributed by atoms with Crippen molar-refractivity contribution in [1.82, 2.24) is 14.1 Å². The molecule has 6 nitrogen and oxygen atoms in total. The highest BCUT2D eigenvalue weighted by atomic mass is 32.2. The first-order valence-corrected chi connectivity index (χ1v) is 13.2. The minimum Gasteiger partial charge on any atom is -0.320 e. The van der Waals surface area contributed by atoms with Crippen molar-refractivity contribution in [1.29, 1.82) is 0 Å². The third-order valence-corrected chi connectivity index (χ3v) is 8.76. The monoisotopic (exact) mass is 469 g/mol. The van der Waals surface area contributed by atoms with Gasteiger partial charge >= 0.3 is 6.03 Å². The Kier molecular flexibility index (Phi) is 6.56. The molecule has 0 bridgehead atoms. The second kappa shape index (κ2) is 9.11. The Labute approximate surface area is 198 Å². The van der Waals surface area contributed by atoms with Gasteiger partial charge < -0.3 is 9.80 Å². The lowest BCUT2D eigenvalue weighted by Crippen LogP contribution is -2.47. The lowest BCUT2D eigenvalue weighted by molar-refractivity contribution is 0.153. The summed E-state index contributed by atoms with van der Waals surface area (Å²) >= 11 is 0. The van der Waals surface area contributed by atoms with Crippen molar-refractivity contribution in [2.75, 3.05) is 26.2 Å². The summed E-state index contributed by atoms with van der Waals surface area (Å²) in [4.78, 5) is 17.2. The number of sulfonamides is 1. The maximum Gasteiger partial charge on any atom is 0.320 e. The zero-order valence-corrected chi connectivity index (χ0v) is 20.9. The molecule has 0 N–H and O–H groups in total. The molecule has 0 atom stereocenters. The molecule has 2 amide bonds. The van der Waals surface area contributed by atoms with Gasteiger partial charge in [-0.2, -0.15) is 4.31 Å². The van der Waals surface area contributed by atoms with Gasteiger partial charge in [0.05, 0.1) is 4.90 Å². The van der Waals surface area contributed by atoms with Gasteiger partial charge in [-0.05, 0) is 48.4 Å². The van der Waals surface area contributed by atoms with Crippen LogP contribution >= 0.6 is 0 Å². The average molecular weight is 470 g/mol. The third kappa shape index (κ3) is 5.09. The molecule has 0 spiro atoms. The Morgan fingerprint density at radius 3 is 2.06 bits per heavy atom. The van der Waals surface area contributed by atoms with E-state index in [4.69, 9.17) is 0 Å². The van der Waals surface area contributed by atoms with Crippen molar-refractivity contribution in [3.05, 3.63) is 65.2 Å². The first kappa shape index (κ1) is 23.8. The molecule has 2 saturated heterocycles. The number of amides is 2. The van der Waals surface area contributed by atoms with E-state index in [0.29, 0.717) is 50.5 Å². The van der Waals surface area contributed by atoms with Crippen LogP contribution in [0.4, 0.5) is 4.79 Å². The van der Waals surface area contributed by atoms with Crippen LogP contribution in [0.3, 0.4) is 0 Å². The van der Waals surface area contributed by atoms with Crippen molar-refractivity contribution in [3.8, 4) is 0 Å². The number of urea groups is 1. The fraction of sp³-hybridized carbons (Fsp3) is 0.500. The Hall–Kier alpha value is -2.38. The molecule has 2 aliphatic rings.